The number of likely N-dealkylation sites (tertiary alicyclic amines) is 1. The van der Waals surface area contributed by atoms with Crippen LogP contribution in [0.4, 0.5) is 21.9 Å². The van der Waals surface area contributed by atoms with Crippen LogP contribution < -0.4 is 15.5 Å². The highest BCUT2D eigenvalue weighted by Crippen LogP contribution is 2.30. The summed E-state index contributed by atoms with van der Waals surface area (Å²) in [5, 5.41) is 36.4. The molecule has 0 spiro atoms. The highest BCUT2D eigenvalue weighted by molar-refractivity contribution is 6.41. The molecule has 2 aliphatic rings. The number of amides is 5. The van der Waals surface area contributed by atoms with E-state index in [4.69, 9.17) is 16.9 Å². The molecule has 0 bridgehead atoms. The minimum atomic E-state index is -1.15. The van der Waals surface area contributed by atoms with Crippen molar-refractivity contribution < 1.29 is 29.1 Å². The van der Waals surface area contributed by atoms with Crippen molar-refractivity contribution in [3.8, 4) is 11.8 Å². The minimum absolute atomic E-state index is 0.0142. The zero-order chi connectivity index (χ0) is 37.9. The summed E-state index contributed by atoms with van der Waals surface area (Å²) < 4.78 is 1.34. The van der Waals surface area contributed by atoms with Crippen LogP contribution in [0.2, 0.25) is 5.02 Å². The molecule has 5 aromatic rings. The highest BCUT2D eigenvalue weighted by Gasteiger charge is 2.40. The van der Waals surface area contributed by atoms with Crippen LogP contribution in [0.25, 0.3) is 16.6 Å². The van der Waals surface area contributed by atoms with E-state index in [1.165, 1.54) is 32.9 Å². The number of carbonyl (C=O) groups is 5. The van der Waals surface area contributed by atoms with Crippen molar-refractivity contribution in [2.45, 2.75) is 25.3 Å². The SMILES string of the molecule is N#CC1CCN(C(=O)Nc2ccc(C[C@@H](C(=O)Nc3ccc4[nH]c(C(=O)O)cc4c3)N3CCN(c4cc(Cl)ccc4-n4cnnn4)C(=O)C3=O)cc2)CC1. The molecular formula is C36H32ClN11O6. The number of hydrogen-bond donors (Lipinski definition) is 4. The van der Waals surface area contributed by atoms with Crippen LogP contribution in [0.1, 0.15) is 28.9 Å². The number of tetrazole rings is 1. The number of piperazine rings is 1. The molecular weight excluding hydrogens is 718 g/mol. The lowest BCUT2D eigenvalue weighted by Gasteiger charge is -2.38. The molecule has 1 atom stereocenters. The lowest BCUT2D eigenvalue weighted by atomic mass is 9.99. The van der Waals surface area contributed by atoms with Crippen LogP contribution in [0.15, 0.2) is 73.1 Å². The second-order valence-corrected chi connectivity index (χ2v) is 13.3. The third-order valence-corrected chi connectivity index (χ3v) is 9.71. The summed E-state index contributed by atoms with van der Waals surface area (Å²) in [6, 6.07) is 18.7. The van der Waals surface area contributed by atoms with Gasteiger partial charge in [-0.2, -0.15) is 9.94 Å². The van der Waals surface area contributed by atoms with Crippen LogP contribution in [0.5, 0.6) is 0 Å². The first-order valence-corrected chi connectivity index (χ1v) is 17.3. The van der Waals surface area contributed by atoms with Gasteiger partial charge in [-0.05, 0) is 83.4 Å². The smallest absolute Gasteiger partial charge is 0.352 e. The van der Waals surface area contributed by atoms with Gasteiger partial charge in [0.15, 0.2) is 0 Å². The maximum Gasteiger partial charge on any atom is 0.352 e. The van der Waals surface area contributed by atoms with E-state index < -0.39 is 29.7 Å². The standard InChI is InChI=1S/C36H32ClN11O6/c37-24-3-8-29(48-20-39-43-44-48)30(18-24)46-13-14-47(34(51)33(46)50)31(32(49)40-26-6-7-27-23(16-26)17-28(42-27)35(52)53)15-21-1-4-25(5-2-21)41-36(54)45-11-9-22(19-38)10-12-45/h1-8,16-18,20,22,31,42H,9-15H2,(H,40,49)(H,41,54)(H,52,53)/t31-/m0/s1. The Morgan fingerprint density at radius 3 is 2.39 bits per heavy atom. The molecule has 4 N–H and O–H groups in total. The average Bonchev–Trinajstić information content (AvgIpc) is 3.87. The number of aromatic carboxylic acids is 1. The number of nitrogens with one attached hydrogen (secondary N) is 3. The molecule has 7 rings (SSSR count). The van der Waals surface area contributed by atoms with E-state index in [-0.39, 0.29) is 37.2 Å². The van der Waals surface area contributed by atoms with Gasteiger partial charge >= 0.3 is 23.8 Å². The van der Waals surface area contributed by atoms with Gasteiger partial charge in [0.25, 0.3) is 0 Å². The number of hydrogen-bond acceptors (Lipinski definition) is 9. The summed E-state index contributed by atoms with van der Waals surface area (Å²) in [6.07, 6.45) is 2.59. The van der Waals surface area contributed by atoms with Crippen LogP contribution in [-0.2, 0) is 20.8 Å². The molecule has 0 radical (unpaired) electrons. The first-order chi connectivity index (χ1) is 26.1. The van der Waals surface area contributed by atoms with Gasteiger partial charge in [-0.1, -0.05) is 23.7 Å². The highest BCUT2D eigenvalue weighted by atomic mass is 35.5. The van der Waals surface area contributed by atoms with Crippen LogP contribution in [0.3, 0.4) is 0 Å². The van der Waals surface area contributed by atoms with Gasteiger partial charge in [0.05, 0.1) is 17.4 Å². The molecule has 2 aliphatic heterocycles. The third kappa shape index (κ3) is 7.41. The molecule has 2 saturated heterocycles. The molecule has 274 valence electrons. The minimum Gasteiger partial charge on any atom is -0.477 e. The molecule has 2 fully saturated rings. The van der Waals surface area contributed by atoms with Crippen LogP contribution in [-0.4, -0.2) is 102 Å². The fourth-order valence-electron chi connectivity index (χ4n) is 6.61. The Bertz CT molecular complexity index is 2300. The number of rotatable bonds is 9. The number of aromatic nitrogens is 5. The number of anilines is 3. The zero-order valence-electron chi connectivity index (χ0n) is 28.5. The average molecular weight is 750 g/mol. The predicted octanol–water partition coefficient (Wildman–Crippen LogP) is 3.69. The Labute approximate surface area is 312 Å². The van der Waals surface area contributed by atoms with Crippen molar-refractivity contribution in [2.75, 3.05) is 41.7 Å². The number of carboxylic acid groups (broad SMARTS) is 1. The van der Waals surface area contributed by atoms with Gasteiger partial charge < -0.3 is 35.4 Å². The van der Waals surface area contributed by atoms with Gasteiger partial charge in [0.2, 0.25) is 5.91 Å². The number of benzene rings is 3. The van der Waals surface area contributed by atoms with E-state index in [0.717, 1.165) is 0 Å². The number of urea groups is 1. The Morgan fingerprint density at radius 1 is 0.926 bits per heavy atom. The van der Waals surface area contributed by atoms with Crippen molar-refractivity contribution in [1.29, 1.82) is 5.26 Å². The number of carbonyl (C=O) groups excluding carboxylic acids is 4. The summed E-state index contributed by atoms with van der Waals surface area (Å²) in [5.74, 6) is -3.57. The Balaban J connectivity index is 1.12. The van der Waals surface area contributed by atoms with Gasteiger partial charge in [-0.25, -0.2) is 9.59 Å². The van der Waals surface area contributed by atoms with E-state index in [2.05, 4.69) is 37.2 Å². The second kappa shape index (κ2) is 15.0. The monoisotopic (exact) mass is 749 g/mol. The first kappa shape index (κ1) is 35.6. The summed E-state index contributed by atoms with van der Waals surface area (Å²) in [7, 11) is 0. The van der Waals surface area contributed by atoms with E-state index in [9.17, 15) is 29.1 Å². The molecule has 17 nitrogen and oxygen atoms in total. The van der Waals surface area contributed by atoms with Crippen LogP contribution in [0, 0.1) is 17.2 Å². The number of H-pyrrole nitrogens is 1. The van der Waals surface area contributed by atoms with Crippen LogP contribution >= 0.6 is 11.6 Å². The molecule has 2 aromatic heterocycles. The lowest BCUT2D eigenvalue weighted by Crippen LogP contribution is -2.60. The van der Waals surface area contributed by atoms with E-state index in [1.807, 2.05) is 0 Å². The van der Waals surface area contributed by atoms with Crippen molar-refractivity contribution >= 4 is 69.3 Å². The topological polar surface area (TPSA) is 223 Å². The first-order valence-electron chi connectivity index (χ1n) is 16.9. The Hall–Kier alpha value is -6.80. The molecule has 3 aromatic carbocycles. The molecule has 0 aliphatic carbocycles. The summed E-state index contributed by atoms with van der Waals surface area (Å²) in [6.45, 7) is 0.966. The normalized spacial score (nSPS) is 15.6. The van der Waals surface area contributed by atoms with Crippen molar-refractivity contribution in [2.24, 2.45) is 5.92 Å². The third-order valence-electron chi connectivity index (χ3n) is 9.47. The van der Waals surface area contributed by atoms with Crippen molar-refractivity contribution in [3.63, 3.8) is 0 Å². The molecule has 4 heterocycles. The van der Waals surface area contributed by atoms with E-state index >= 15 is 0 Å². The zero-order valence-corrected chi connectivity index (χ0v) is 29.2. The molecule has 54 heavy (non-hydrogen) atoms. The largest absolute Gasteiger partial charge is 0.477 e. The predicted molar refractivity (Wildman–Crippen MR) is 195 cm³/mol. The van der Waals surface area contributed by atoms with Crippen molar-refractivity contribution in [3.05, 3.63) is 89.3 Å². The number of aromatic amines is 1. The molecule has 0 unspecified atom stereocenters. The summed E-state index contributed by atoms with van der Waals surface area (Å²) >= 11 is 6.30. The number of piperidine rings is 1. The van der Waals surface area contributed by atoms with Gasteiger partial charge in [0.1, 0.15) is 18.1 Å². The number of halogens is 1. The van der Waals surface area contributed by atoms with E-state index in [0.29, 0.717) is 70.2 Å². The van der Waals surface area contributed by atoms with Gasteiger partial charge in [-0.3, -0.25) is 14.4 Å². The quantitative estimate of drug-likeness (QED) is 0.160. The summed E-state index contributed by atoms with van der Waals surface area (Å²) in [4.78, 5) is 73.2. The second-order valence-electron chi connectivity index (χ2n) is 12.9. The Kier molecular flexibility index (Phi) is 9.92. The lowest BCUT2D eigenvalue weighted by molar-refractivity contribution is -0.149. The van der Waals surface area contributed by atoms with E-state index in [1.54, 1.807) is 59.5 Å². The summed E-state index contributed by atoms with van der Waals surface area (Å²) in [5.41, 5.74) is 2.79. The number of nitrogens with zero attached hydrogens (tertiary/aromatic N) is 8. The Morgan fingerprint density at radius 2 is 1.69 bits per heavy atom. The number of carboxylic acids is 1. The maximum atomic E-state index is 14.1. The number of nitriles is 1. The fourth-order valence-corrected chi connectivity index (χ4v) is 6.78. The fraction of sp³-hybridized carbons (Fsp3) is 0.250. The molecule has 0 saturated carbocycles. The maximum absolute atomic E-state index is 14.1. The van der Waals surface area contributed by atoms with Gasteiger partial charge in [-0.15, -0.1) is 5.10 Å². The number of fused-ring (bicyclic) bond motifs is 1. The van der Waals surface area contributed by atoms with Crippen molar-refractivity contribution in [1.82, 2.24) is 35.0 Å². The molecule has 18 heteroatoms. The molecule has 5 amide bonds. The van der Waals surface area contributed by atoms with Gasteiger partial charge in [0, 0.05) is 65.8 Å².